The van der Waals surface area contributed by atoms with Crippen LogP contribution in [0.5, 0.6) is 17.2 Å². The first-order chi connectivity index (χ1) is 14.6. The van der Waals surface area contributed by atoms with Crippen LogP contribution in [-0.2, 0) is 18.3 Å². The summed E-state index contributed by atoms with van der Waals surface area (Å²) in [5.74, 6) is 2.67. The van der Waals surface area contributed by atoms with Crippen LogP contribution in [0.25, 0.3) is 0 Å². The summed E-state index contributed by atoms with van der Waals surface area (Å²) in [6.07, 6.45) is 3.82. The fourth-order valence-electron chi connectivity index (χ4n) is 3.47. The molecule has 1 aliphatic heterocycles. The molecule has 0 radical (unpaired) electrons. The van der Waals surface area contributed by atoms with Crippen molar-refractivity contribution in [2.24, 2.45) is 12.0 Å². The molecule has 1 aromatic heterocycles. The molecule has 0 saturated carbocycles. The molecule has 164 valence electrons. The van der Waals surface area contributed by atoms with Gasteiger partial charge in [0.2, 0.25) is 5.75 Å². The third kappa shape index (κ3) is 4.96. The molecule has 1 atom stereocenters. The molecular weight excluding hydrogens is 386 g/mol. The molecule has 3 rings (SSSR count). The van der Waals surface area contributed by atoms with Gasteiger partial charge in [0.25, 0.3) is 0 Å². The van der Waals surface area contributed by atoms with Gasteiger partial charge in [0.1, 0.15) is 6.10 Å². The van der Waals surface area contributed by atoms with Crippen LogP contribution >= 0.6 is 0 Å². The second-order valence-corrected chi connectivity index (χ2v) is 6.96. The van der Waals surface area contributed by atoms with Crippen molar-refractivity contribution in [1.29, 1.82) is 0 Å². The van der Waals surface area contributed by atoms with Crippen LogP contribution in [0.15, 0.2) is 29.5 Å². The van der Waals surface area contributed by atoms with Gasteiger partial charge in [-0.05, 0) is 24.6 Å². The molecule has 2 heterocycles. The van der Waals surface area contributed by atoms with Crippen LogP contribution in [-0.4, -0.2) is 68.2 Å². The first-order valence-corrected chi connectivity index (χ1v) is 10.0. The molecule has 1 aliphatic rings. The Bertz CT molecular complexity index is 842. The molecule has 9 heteroatoms. The monoisotopic (exact) mass is 417 g/mol. The lowest BCUT2D eigenvalue weighted by Crippen LogP contribution is -2.48. The number of aryl methyl sites for hydroxylation is 1. The smallest absolute Gasteiger partial charge is 0.203 e. The van der Waals surface area contributed by atoms with Gasteiger partial charge in [-0.3, -0.25) is 4.68 Å². The van der Waals surface area contributed by atoms with Crippen LogP contribution < -0.4 is 19.5 Å². The van der Waals surface area contributed by atoms with Crippen LogP contribution in [0.3, 0.4) is 0 Å². The molecule has 1 unspecified atom stereocenters. The topological polar surface area (TPSA) is 82.4 Å². The Kier molecular flexibility index (Phi) is 7.40. The van der Waals surface area contributed by atoms with E-state index in [1.54, 1.807) is 26.0 Å². The maximum atomic E-state index is 5.96. The molecule has 9 nitrogen and oxygen atoms in total. The quantitative estimate of drug-likeness (QED) is 0.545. The summed E-state index contributed by atoms with van der Waals surface area (Å²) >= 11 is 0. The molecule has 0 bridgehead atoms. The average Bonchev–Trinajstić information content (AvgIpc) is 3.22. The van der Waals surface area contributed by atoms with Gasteiger partial charge in [-0.15, -0.1) is 0 Å². The second-order valence-electron chi connectivity index (χ2n) is 6.96. The van der Waals surface area contributed by atoms with Crippen molar-refractivity contribution in [1.82, 2.24) is 20.0 Å². The normalized spacial score (nSPS) is 17.0. The number of aromatic nitrogens is 2. The standard InChI is InChI=1S/C21H31N5O4/c1-6-22-21(26-7-8-30-19(14-26)16-12-24-25(2)13-16)23-11-15-9-17(27-3)20(29-5)18(10-15)28-4/h9-10,12-13,19H,6-8,11,14H2,1-5H3,(H,22,23). The molecular formula is C21H31N5O4. The number of rotatable bonds is 7. The number of guanidine groups is 1. The van der Waals surface area contributed by atoms with Crippen molar-refractivity contribution < 1.29 is 18.9 Å². The Morgan fingerprint density at radius 3 is 2.53 bits per heavy atom. The van der Waals surface area contributed by atoms with Gasteiger partial charge in [-0.1, -0.05) is 0 Å². The van der Waals surface area contributed by atoms with Crippen molar-refractivity contribution in [3.05, 3.63) is 35.7 Å². The van der Waals surface area contributed by atoms with E-state index in [9.17, 15) is 0 Å². The highest BCUT2D eigenvalue weighted by Gasteiger charge is 2.25. The minimum absolute atomic E-state index is 0.0301. The van der Waals surface area contributed by atoms with Crippen molar-refractivity contribution >= 4 is 5.96 Å². The van der Waals surface area contributed by atoms with E-state index in [2.05, 4.69) is 22.2 Å². The first kappa shape index (κ1) is 21.8. The molecule has 1 aromatic carbocycles. The summed E-state index contributed by atoms with van der Waals surface area (Å²) in [6.45, 7) is 5.45. The summed E-state index contributed by atoms with van der Waals surface area (Å²) in [5.41, 5.74) is 2.04. The Hall–Kier alpha value is -2.94. The minimum Gasteiger partial charge on any atom is -0.493 e. The van der Waals surface area contributed by atoms with Crippen molar-refractivity contribution in [2.75, 3.05) is 47.6 Å². The van der Waals surface area contributed by atoms with Crippen LogP contribution in [0.2, 0.25) is 0 Å². The lowest BCUT2D eigenvalue weighted by atomic mass is 10.1. The van der Waals surface area contributed by atoms with Gasteiger partial charge in [-0.25, -0.2) is 4.99 Å². The molecule has 0 amide bonds. The number of methoxy groups -OCH3 is 3. The number of aliphatic imine (C=N–C) groups is 1. The number of morpholine rings is 1. The number of ether oxygens (including phenoxy) is 4. The number of hydrogen-bond donors (Lipinski definition) is 1. The van der Waals surface area contributed by atoms with E-state index in [-0.39, 0.29) is 6.10 Å². The van der Waals surface area contributed by atoms with Crippen LogP contribution in [0.4, 0.5) is 0 Å². The highest BCUT2D eigenvalue weighted by atomic mass is 16.5. The van der Waals surface area contributed by atoms with E-state index < -0.39 is 0 Å². The second kappa shape index (κ2) is 10.2. The van der Waals surface area contributed by atoms with E-state index in [0.717, 1.165) is 30.2 Å². The first-order valence-electron chi connectivity index (χ1n) is 10.0. The summed E-state index contributed by atoms with van der Waals surface area (Å²) in [5, 5.41) is 7.65. The van der Waals surface area contributed by atoms with Gasteiger partial charge in [0, 0.05) is 31.9 Å². The lowest BCUT2D eigenvalue weighted by Gasteiger charge is -2.34. The third-order valence-corrected chi connectivity index (χ3v) is 4.93. The zero-order valence-corrected chi connectivity index (χ0v) is 18.3. The summed E-state index contributed by atoms with van der Waals surface area (Å²) in [4.78, 5) is 7.08. The predicted octanol–water partition coefficient (Wildman–Crippen LogP) is 1.98. The molecule has 2 aromatic rings. The Labute approximate surface area is 177 Å². The number of nitrogens with zero attached hydrogens (tertiary/aromatic N) is 4. The summed E-state index contributed by atoms with van der Waals surface area (Å²) in [6, 6.07) is 3.85. The number of hydrogen-bond acceptors (Lipinski definition) is 6. The van der Waals surface area contributed by atoms with E-state index in [4.69, 9.17) is 23.9 Å². The van der Waals surface area contributed by atoms with Crippen LogP contribution in [0, 0.1) is 0 Å². The van der Waals surface area contributed by atoms with Gasteiger partial charge in [-0.2, -0.15) is 5.10 Å². The molecule has 30 heavy (non-hydrogen) atoms. The maximum Gasteiger partial charge on any atom is 0.203 e. The lowest BCUT2D eigenvalue weighted by molar-refractivity contribution is -0.00805. The maximum absolute atomic E-state index is 5.96. The average molecular weight is 418 g/mol. The van der Waals surface area contributed by atoms with E-state index in [0.29, 0.717) is 36.9 Å². The third-order valence-electron chi connectivity index (χ3n) is 4.93. The number of nitrogens with one attached hydrogen (secondary N) is 1. The number of benzene rings is 1. The summed E-state index contributed by atoms with van der Waals surface area (Å²) in [7, 11) is 6.73. The van der Waals surface area contributed by atoms with Gasteiger partial charge >= 0.3 is 0 Å². The summed E-state index contributed by atoms with van der Waals surface area (Å²) < 4.78 is 24.1. The predicted molar refractivity (Wildman–Crippen MR) is 114 cm³/mol. The fourth-order valence-corrected chi connectivity index (χ4v) is 3.47. The molecule has 1 N–H and O–H groups in total. The zero-order valence-electron chi connectivity index (χ0n) is 18.3. The SMILES string of the molecule is CCNC(=NCc1cc(OC)c(OC)c(OC)c1)N1CCOC(c2cnn(C)c2)C1. The minimum atomic E-state index is -0.0301. The zero-order chi connectivity index (χ0) is 21.5. The van der Waals surface area contributed by atoms with Gasteiger partial charge in [0.05, 0.1) is 47.2 Å². The Morgan fingerprint density at radius 1 is 1.23 bits per heavy atom. The largest absolute Gasteiger partial charge is 0.493 e. The molecule has 0 aliphatic carbocycles. The Morgan fingerprint density at radius 2 is 1.97 bits per heavy atom. The van der Waals surface area contributed by atoms with Gasteiger partial charge < -0.3 is 29.2 Å². The van der Waals surface area contributed by atoms with Crippen molar-refractivity contribution in [3.8, 4) is 17.2 Å². The van der Waals surface area contributed by atoms with E-state index in [1.807, 2.05) is 31.6 Å². The molecule has 1 saturated heterocycles. The Balaban J connectivity index is 1.79. The molecule has 1 fully saturated rings. The van der Waals surface area contributed by atoms with Gasteiger partial charge in [0.15, 0.2) is 17.5 Å². The highest BCUT2D eigenvalue weighted by molar-refractivity contribution is 5.80. The highest BCUT2D eigenvalue weighted by Crippen LogP contribution is 2.38. The fraction of sp³-hybridized carbons (Fsp3) is 0.524. The van der Waals surface area contributed by atoms with Crippen LogP contribution in [0.1, 0.15) is 24.2 Å². The van der Waals surface area contributed by atoms with Crippen molar-refractivity contribution in [2.45, 2.75) is 19.6 Å². The van der Waals surface area contributed by atoms with E-state index >= 15 is 0 Å². The van der Waals surface area contributed by atoms with E-state index in [1.165, 1.54) is 0 Å². The molecule has 0 spiro atoms. The van der Waals surface area contributed by atoms with Crippen molar-refractivity contribution in [3.63, 3.8) is 0 Å².